The van der Waals surface area contributed by atoms with Gasteiger partial charge < -0.3 is 19.1 Å². The Morgan fingerprint density at radius 1 is 1.11 bits per heavy atom. The molecule has 0 saturated heterocycles. The van der Waals surface area contributed by atoms with Crippen molar-refractivity contribution in [3.8, 4) is 18.1 Å². The first-order chi connectivity index (χ1) is 17.7. The number of aromatic nitrogens is 1. The topological polar surface area (TPSA) is 78.0 Å². The number of carbonyl (C=O) groups is 2. The molecule has 0 spiro atoms. The smallest absolute Gasteiger partial charge is 0.334 e. The first-order valence-electron chi connectivity index (χ1n) is 11.7. The summed E-state index contributed by atoms with van der Waals surface area (Å²) >= 11 is 18.9. The van der Waals surface area contributed by atoms with Crippen molar-refractivity contribution in [2.24, 2.45) is 0 Å². The Hall–Kier alpha value is -2.76. The van der Waals surface area contributed by atoms with E-state index in [1.165, 1.54) is 18.1 Å². The fraction of sp³-hybridized carbons (Fsp3) is 0.370. The third-order valence-electron chi connectivity index (χ3n) is 5.70. The highest BCUT2D eigenvalue weighted by molar-refractivity contribution is 6.37. The van der Waals surface area contributed by atoms with Crippen LogP contribution in [0.1, 0.15) is 38.2 Å². The molecule has 1 aliphatic rings. The molecule has 1 unspecified atom stereocenters. The van der Waals surface area contributed by atoms with Gasteiger partial charge in [-0.2, -0.15) is 0 Å². The van der Waals surface area contributed by atoms with Crippen molar-refractivity contribution >= 4 is 52.4 Å². The molecule has 0 saturated carbocycles. The summed E-state index contributed by atoms with van der Waals surface area (Å²) in [5, 5.41) is 0.790. The van der Waals surface area contributed by atoms with E-state index in [4.69, 9.17) is 55.4 Å². The Morgan fingerprint density at radius 2 is 1.84 bits per heavy atom. The Labute approximate surface area is 231 Å². The summed E-state index contributed by atoms with van der Waals surface area (Å²) in [7, 11) is 1.52. The molecule has 7 nitrogen and oxygen atoms in total. The highest BCUT2D eigenvalue weighted by Gasteiger charge is 2.30. The molecular weight excluding hydrogens is 539 g/mol. The van der Waals surface area contributed by atoms with Crippen molar-refractivity contribution in [2.75, 3.05) is 25.2 Å². The van der Waals surface area contributed by atoms with Crippen LogP contribution >= 0.6 is 34.8 Å². The number of carbonyl (C=O) groups excluding carboxylic acids is 2. The van der Waals surface area contributed by atoms with Gasteiger partial charge in [-0.05, 0) is 50.3 Å². The zero-order valence-corrected chi connectivity index (χ0v) is 22.8. The van der Waals surface area contributed by atoms with Gasteiger partial charge in [0.15, 0.2) is 6.10 Å². The molecule has 3 rings (SSSR count). The standard InChI is InChI=1S/C27H27Cl3N2O5/c1-4-17(2)37-24-14-23(21(28)13-22(24)29)32(16-18-9-10-25(30)31-15-18)26(33)19-7-5-6-8-20(19)27(34)36-12-11-35-3/h1,9-10,13-15,17H,5-8,11-12,16H2,2-3H3. The molecule has 0 N–H and O–H groups in total. The molecular formula is C27H27Cl3N2O5. The van der Waals surface area contributed by atoms with E-state index in [1.54, 1.807) is 31.3 Å². The Morgan fingerprint density at radius 3 is 2.49 bits per heavy atom. The van der Waals surface area contributed by atoms with Gasteiger partial charge in [0, 0.05) is 30.5 Å². The number of halogens is 3. The first kappa shape index (κ1) is 28.8. The van der Waals surface area contributed by atoms with Crippen LogP contribution < -0.4 is 9.64 Å². The lowest BCUT2D eigenvalue weighted by Gasteiger charge is -2.28. The van der Waals surface area contributed by atoms with Crippen molar-refractivity contribution in [2.45, 2.75) is 45.3 Å². The number of benzene rings is 1. The first-order valence-corrected chi connectivity index (χ1v) is 12.8. The second-order valence-electron chi connectivity index (χ2n) is 8.33. The largest absolute Gasteiger partial charge is 0.476 e. The van der Waals surface area contributed by atoms with Crippen molar-refractivity contribution < 1.29 is 23.8 Å². The highest BCUT2D eigenvalue weighted by Crippen LogP contribution is 2.39. The Bertz CT molecular complexity index is 1210. The van der Waals surface area contributed by atoms with E-state index < -0.39 is 12.1 Å². The molecule has 0 aliphatic heterocycles. The number of esters is 1. The number of amides is 1. The maximum absolute atomic E-state index is 14.1. The van der Waals surface area contributed by atoms with E-state index >= 15 is 0 Å². The summed E-state index contributed by atoms with van der Waals surface area (Å²) in [6.07, 6.45) is 8.86. The summed E-state index contributed by atoms with van der Waals surface area (Å²) in [5.41, 5.74) is 1.77. The van der Waals surface area contributed by atoms with Crippen molar-refractivity contribution in [1.29, 1.82) is 0 Å². The van der Waals surface area contributed by atoms with Gasteiger partial charge in [-0.1, -0.05) is 46.8 Å². The van der Waals surface area contributed by atoms with Gasteiger partial charge in [0.1, 0.15) is 17.5 Å². The molecule has 2 aromatic rings. The minimum Gasteiger partial charge on any atom is -0.476 e. The Balaban J connectivity index is 2.07. The SMILES string of the molecule is C#CC(C)Oc1cc(N(Cc2ccc(Cl)nc2)C(=O)C2=C(C(=O)OCCOC)CCCC2)c(Cl)cc1Cl. The number of anilines is 1. The maximum atomic E-state index is 14.1. The van der Waals surface area contributed by atoms with Crippen LogP contribution in [-0.2, 0) is 25.6 Å². The van der Waals surface area contributed by atoms with Crippen LogP contribution in [0.15, 0.2) is 41.6 Å². The maximum Gasteiger partial charge on any atom is 0.334 e. The summed E-state index contributed by atoms with van der Waals surface area (Å²) in [4.78, 5) is 32.5. The van der Waals surface area contributed by atoms with E-state index in [1.807, 2.05) is 0 Å². The number of methoxy groups -OCH3 is 1. The predicted octanol–water partition coefficient (Wildman–Crippen LogP) is 6.04. The second kappa shape index (κ2) is 13.7. The zero-order chi connectivity index (χ0) is 26.9. The second-order valence-corrected chi connectivity index (χ2v) is 9.54. The van der Waals surface area contributed by atoms with Gasteiger partial charge in [-0.15, -0.1) is 6.42 Å². The number of rotatable bonds is 10. The summed E-state index contributed by atoms with van der Waals surface area (Å²) < 4.78 is 16.0. The molecule has 1 aromatic carbocycles. The third kappa shape index (κ3) is 7.62. The van der Waals surface area contributed by atoms with Gasteiger partial charge in [0.2, 0.25) is 0 Å². The molecule has 1 aromatic heterocycles. The van der Waals surface area contributed by atoms with Crippen molar-refractivity contribution in [1.82, 2.24) is 4.98 Å². The quantitative estimate of drug-likeness (QED) is 0.151. The molecule has 196 valence electrons. The average molecular weight is 566 g/mol. The number of pyridine rings is 1. The number of hydrogen-bond donors (Lipinski definition) is 0. The van der Waals surface area contributed by atoms with Crippen molar-refractivity contribution in [3.63, 3.8) is 0 Å². The predicted molar refractivity (Wildman–Crippen MR) is 144 cm³/mol. The molecule has 0 radical (unpaired) electrons. The summed E-state index contributed by atoms with van der Waals surface area (Å²) in [6, 6.07) is 6.45. The van der Waals surface area contributed by atoms with Crippen LogP contribution in [-0.4, -0.2) is 43.3 Å². The zero-order valence-electron chi connectivity index (χ0n) is 20.6. The number of hydrogen-bond acceptors (Lipinski definition) is 6. The Kier molecular flexibility index (Phi) is 10.7. The monoisotopic (exact) mass is 564 g/mol. The lowest BCUT2D eigenvalue weighted by molar-refractivity contribution is -0.140. The highest BCUT2D eigenvalue weighted by atomic mass is 35.5. The van der Waals surface area contributed by atoms with E-state index in [0.717, 1.165) is 12.8 Å². The minimum atomic E-state index is -0.564. The van der Waals surface area contributed by atoms with Gasteiger partial charge in [0.05, 0.1) is 28.9 Å². The molecule has 0 bridgehead atoms. The van der Waals surface area contributed by atoms with Crippen LogP contribution in [0.25, 0.3) is 0 Å². The fourth-order valence-corrected chi connectivity index (χ4v) is 4.46. The van der Waals surface area contributed by atoms with E-state index in [-0.39, 0.29) is 41.5 Å². The third-order valence-corrected chi connectivity index (χ3v) is 6.52. The van der Waals surface area contributed by atoms with E-state index in [9.17, 15) is 9.59 Å². The summed E-state index contributed by atoms with van der Waals surface area (Å²) in [6.45, 7) is 2.15. The van der Waals surface area contributed by atoms with Gasteiger partial charge >= 0.3 is 5.97 Å². The number of ether oxygens (including phenoxy) is 3. The molecule has 0 fully saturated rings. The average Bonchev–Trinajstić information content (AvgIpc) is 2.89. The number of nitrogens with zero attached hydrogens (tertiary/aromatic N) is 2. The molecule has 1 amide bonds. The van der Waals surface area contributed by atoms with Gasteiger partial charge in [0.25, 0.3) is 5.91 Å². The van der Waals surface area contributed by atoms with E-state index in [2.05, 4.69) is 10.9 Å². The lowest BCUT2D eigenvalue weighted by Crippen LogP contribution is -2.34. The number of terminal acetylenes is 1. The minimum absolute atomic E-state index is 0.0948. The fourth-order valence-electron chi connectivity index (χ4n) is 3.82. The lowest BCUT2D eigenvalue weighted by atomic mass is 9.90. The molecule has 1 aliphatic carbocycles. The molecule has 10 heteroatoms. The van der Waals surface area contributed by atoms with Crippen LogP contribution in [0, 0.1) is 12.3 Å². The van der Waals surface area contributed by atoms with Crippen LogP contribution in [0.3, 0.4) is 0 Å². The van der Waals surface area contributed by atoms with Gasteiger partial charge in [-0.3, -0.25) is 4.79 Å². The molecule has 1 atom stereocenters. The van der Waals surface area contributed by atoms with Crippen molar-refractivity contribution in [3.05, 3.63) is 62.4 Å². The van der Waals surface area contributed by atoms with Crippen LogP contribution in [0.4, 0.5) is 5.69 Å². The van der Waals surface area contributed by atoms with E-state index in [0.29, 0.717) is 40.4 Å². The van der Waals surface area contributed by atoms with Gasteiger partial charge in [-0.25, -0.2) is 9.78 Å². The van der Waals surface area contributed by atoms with Crippen LogP contribution in [0.2, 0.25) is 15.2 Å². The van der Waals surface area contributed by atoms with Crippen LogP contribution in [0.5, 0.6) is 5.75 Å². The summed E-state index contributed by atoms with van der Waals surface area (Å²) in [5.74, 6) is 1.85. The normalized spacial score (nSPS) is 14.1. The molecule has 37 heavy (non-hydrogen) atoms. The molecule has 1 heterocycles.